The molecule has 0 amide bonds. The van der Waals surface area contributed by atoms with E-state index in [1.807, 2.05) is 12.1 Å². The van der Waals surface area contributed by atoms with Crippen molar-refractivity contribution >= 4 is 10.9 Å². The van der Waals surface area contributed by atoms with Crippen LogP contribution in [0.15, 0.2) is 47.5 Å². The quantitative estimate of drug-likeness (QED) is 0.798. The number of pyridine rings is 1. The largest absolute Gasteiger partial charge is 0.486 e. The van der Waals surface area contributed by atoms with Crippen molar-refractivity contribution in [3.05, 3.63) is 64.5 Å². The zero-order valence-electron chi connectivity index (χ0n) is 13.4. The summed E-state index contributed by atoms with van der Waals surface area (Å²) in [5.74, 6) is 1.98. The van der Waals surface area contributed by atoms with E-state index in [0.717, 1.165) is 5.75 Å². The molecule has 122 valence electrons. The minimum Gasteiger partial charge on any atom is -0.486 e. The van der Waals surface area contributed by atoms with Crippen molar-refractivity contribution in [1.29, 1.82) is 0 Å². The lowest BCUT2D eigenvalue weighted by Gasteiger charge is -2.11. The molecule has 5 nitrogen and oxygen atoms in total. The minimum absolute atomic E-state index is 0.169. The lowest BCUT2D eigenvalue weighted by Crippen LogP contribution is -2.13. The fourth-order valence-corrected chi connectivity index (χ4v) is 3.35. The molecule has 0 unspecified atom stereocenters. The Balaban J connectivity index is 1.47. The number of aromatic nitrogens is 3. The molecule has 24 heavy (non-hydrogen) atoms. The average molecular weight is 321 g/mol. The molecule has 0 saturated heterocycles. The molecule has 2 heterocycles. The van der Waals surface area contributed by atoms with Gasteiger partial charge in [-0.25, -0.2) is 4.98 Å². The van der Waals surface area contributed by atoms with Gasteiger partial charge in [0.2, 0.25) is 0 Å². The second-order valence-electron chi connectivity index (χ2n) is 6.24. The monoisotopic (exact) mass is 321 g/mol. The average Bonchev–Trinajstić information content (AvgIpc) is 3.15. The van der Waals surface area contributed by atoms with Gasteiger partial charge in [0.05, 0.1) is 17.1 Å². The van der Waals surface area contributed by atoms with Crippen LogP contribution in [0.5, 0.6) is 5.75 Å². The van der Waals surface area contributed by atoms with E-state index in [-0.39, 0.29) is 12.2 Å². The summed E-state index contributed by atoms with van der Waals surface area (Å²) in [5.41, 5.74) is 1.80. The Hall–Kier alpha value is -2.69. The van der Waals surface area contributed by atoms with Crippen LogP contribution in [0.25, 0.3) is 10.9 Å². The summed E-state index contributed by atoms with van der Waals surface area (Å²) < 4.78 is 5.76. The van der Waals surface area contributed by atoms with Crippen LogP contribution in [0.4, 0.5) is 0 Å². The number of aromatic amines is 1. The number of H-pyrrole nitrogens is 1. The van der Waals surface area contributed by atoms with E-state index in [0.29, 0.717) is 22.6 Å². The topological polar surface area (TPSA) is 67.9 Å². The third-order valence-electron chi connectivity index (χ3n) is 4.64. The van der Waals surface area contributed by atoms with Crippen LogP contribution in [-0.2, 0) is 6.61 Å². The lowest BCUT2D eigenvalue weighted by molar-refractivity contribution is 0.296. The van der Waals surface area contributed by atoms with E-state index in [1.165, 1.54) is 31.2 Å². The molecule has 2 aromatic heterocycles. The second kappa shape index (κ2) is 6.43. The van der Waals surface area contributed by atoms with Gasteiger partial charge in [-0.3, -0.25) is 9.78 Å². The van der Waals surface area contributed by atoms with Crippen molar-refractivity contribution in [3.8, 4) is 5.75 Å². The zero-order valence-corrected chi connectivity index (χ0v) is 13.4. The maximum Gasteiger partial charge on any atom is 0.258 e. The Morgan fingerprint density at radius 3 is 2.71 bits per heavy atom. The molecule has 0 atom stereocenters. The van der Waals surface area contributed by atoms with Crippen molar-refractivity contribution in [2.75, 3.05) is 0 Å². The number of rotatable bonds is 4. The highest BCUT2D eigenvalue weighted by Crippen LogP contribution is 2.34. The highest BCUT2D eigenvalue weighted by Gasteiger charge is 2.16. The van der Waals surface area contributed by atoms with Crippen LogP contribution in [0.3, 0.4) is 0 Å². The van der Waals surface area contributed by atoms with Crippen LogP contribution in [0, 0.1) is 0 Å². The molecule has 0 bridgehead atoms. The van der Waals surface area contributed by atoms with Gasteiger partial charge in [-0.15, -0.1) is 0 Å². The number of nitrogens with one attached hydrogen (secondary N) is 1. The molecule has 1 saturated carbocycles. The Bertz CT molecular complexity index is 896. The Morgan fingerprint density at radius 2 is 1.92 bits per heavy atom. The summed E-state index contributed by atoms with van der Waals surface area (Å²) in [5, 5.41) is 0.537. The molecule has 4 rings (SSSR count). The predicted octanol–water partition coefficient (Wildman–Crippen LogP) is 3.55. The first-order valence-corrected chi connectivity index (χ1v) is 8.35. The first-order chi connectivity index (χ1) is 11.8. The van der Waals surface area contributed by atoms with Crippen LogP contribution in [0.1, 0.15) is 43.0 Å². The summed E-state index contributed by atoms with van der Waals surface area (Å²) in [6.45, 7) is 0.225. The van der Waals surface area contributed by atoms with Crippen LogP contribution in [-0.4, -0.2) is 15.0 Å². The SMILES string of the molecule is O=c1[nH]c(COc2ccc(C3CCCC3)cc2)nc2cnccc12. The van der Waals surface area contributed by atoms with Gasteiger partial charge < -0.3 is 9.72 Å². The maximum atomic E-state index is 12.0. The normalized spacial score (nSPS) is 15.0. The molecule has 0 aliphatic heterocycles. The first kappa shape index (κ1) is 14.9. The van der Waals surface area contributed by atoms with Gasteiger partial charge in [0, 0.05) is 6.20 Å². The van der Waals surface area contributed by atoms with E-state index in [9.17, 15) is 4.79 Å². The number of hydrogen-bond acceptors (Lipinski definition) is 4. The van der Waals surface area contributed by atoms with Crippen molar-refractivity contribution in [2.24, 2.45) is 0 Å². The molecular formula is C19H19N3O2. The Labute approximate surface area is 139 Å². The van der Waals surface area contributed by atoms with Crippen molar-refractivity contribution in [1.82, 2.24) is 15.0 Å². The lowest BCUT2D eigenvalue weighted by atomic mass is 9.98. The summed E-state index contributed by atoms with van der Waals surface area (Å²) >= 11 is 0. The van der Waals surface area contributed by atoms with E-state index < -0.39 is 0 Å². The van der Waals surface area contributed by atoms with Gasteiger partial charge in [0.25, 0.3) is 5.56 Å². The standard InChI is InChI=1S/C19H19N3O2/c23-19-16-9-10-20-11-17(16)21-18(22-19)12-24-15-7-5-14(6-8-15)13-3-1-2-4-13/h5-11,13H,1-4,12H2,(H,21,22,23). The molecule has 3 aromatic rings. The van der Waals surface area contributed by atoms with Crippen LogP contribution in [0.2, 0.25) is 0 Å². The number of benzene rings is 1. The summed E-state index contributed by atoms with van der Waals surface area (Å²) in [6.07, 6.45) is 8.41. The van der Waals surface area contributed by atoms with Crippen LogP contribution < -0.4 is 10.3 Å². The summed E-state index contributed by atoms with van der Waals surface area (Å²) in [4.78, 5) is 23.2. The molecule has 1 aromatic carbocycles. The molecule has 0 spiro atoms. The fourth-order valence-electron chi connectivity index (χ4n) is 3.35. The van der Waals surface area contributed by atoms with Crippen LogP contribution >= 0.6 is 0 Å². The smallest absolute Gasteiger partial charge is 0.258 e. The Kier molecular flexibility index (Phi) is 3.99. The summed E-state index contributed by atoms with van der Waals surface area (Å²) in [7, 11) is 0. The van der Waals surface area contributed by atoms with Gasteiger partial charge in [0.1, 0.15) is 18.2 Å². The second-order valence-corrected chi connectivity index (χ2v) is 6.24. The first-order valence-electron chi connectivity index (χ1n) is 8.35. The molecular weight excluding hydrogens is 302 g/mol. The van der Waals surface area contributed by atoms with E-state index in [2.05, 4.69) is 27.1 Å². The molecule has 0 radical (unpaired) electrons. The number of hydrogen-bond donors (Lipinski definition) is 1. The van der Waals surface area contributed by atoms with E-state index >= 15 is 0 Å². The Morgan fingerprint density at radius 1 is 1.12 bits per heavy atom. The molecule has 1 N–H and O–H groups in total. The summed E-state index contributed by atoms with van der Waals surface area (Å²) in [6, 6.07) is 9.94. The minimum atomic E-state index is -0.169. The van der Waals surface area contributed by atoms with Crippen molar-refractivity contribution < 1.29 is 4.74 Å². The fraction of sp³-hybridized carbons (Fsp3) is 0.316. The van der Waals surface area contributed by atoms with Crippen molar-refractivity contribution in [3.63, 3.8) is 0 Å². The number of fused-ring (bicyclic) bond motifs is 1. The maximum absolute atomic E-state index is 12.0. The number of nitrogens with zero attached hydrogens (tertiary/aromatic N) is 2. The predicted molar refractivity (Wildman–Crippen MR) is 92.1 cm³/mol. The van der Waals surface area contributed by atoms with Gasteiger partial charge in [-0.2, -0.15) is 0 Å². The third-order valence-corrected chi connectivity index (χ3v) is 4.64. The van der Waals surface area contributed by atoms with Crippen molar-refractivity contribution in [2.45, 2.75) is 38.2 Å². The number of ether oxygens (including phenoxy) is 1. The third kappa shape index (κ3) is 3.02. The molecule has 1 fully saturated rings. The van der Waals surface area contributed by atoms with E-state index in [1.54, 1.807) is 18.5 Å². The molecule has 1 aliphatic carbocycles. The highest BCUT2D eigenvalue weighted by atomic mass is 16.5. The van der Waals surface area contributed by atoms with Gasteiger partial charge in [-0.05, 0) is 42.5 Å². The van der Waals surface area contributed by atoms with E-state index in [4.69, 9.17) is 4.74 Å². The van der Waals surface area contributed by atoms with Gasteiger partial charge in [-0.1, -0.05) is 25.0 Å². The highest BCUT2D eigenvalue weighted by molar-refractivity contribution is 5.75. The van der Waals surface area contributed by atoms with Gasteiger partial charge in [0.15, 0.2) is 0 Å². The molecule has 1 aliphatic rings. The molecule has 5 heteroatoms. The van der Waals surface area contributed by atoms with Gasteiger partial charge >= 0.3 is 0 Å². The zero-order chi connectivity index (χ0) is 16.4.